The standard InChI is InChI=1S/C20H20N2O5/c1-10-16(19(24)26-4)11(2)22-18(10)20(25)27-9-15(23)17-12(3)21-14-8-6-5-7-13(14)17/h5-8,21-22H,9H2,1-4H3. The van der Waals surface area contributed by atoms with Gasteiger partial charge < -0.3 is 19.4 Å². The van der Waals surface area contributed by atoms with Gasteiger partial charge in [-0.2, -0.15) is 0 Å². The molecule has 7 heteroatoms. The summed E-state index contributed by atoms with van der Waals surface area (Å²) in [4.78, 5) is 42.8. The van der Waals surface area contributed by atoms with Crippen molar-refractivity contribution in [3.8, 4) is 0 Å². The minimum Gasteiger partial charge on any atom is -0.465 e. The highest BCUT2D eigenvalue weighted by atomic mass is 16.5. The first-order valence-corrected chi connectivity index (χ1v) is 8.40. The van der Waals surface area contributed by atoms with E-state index in [0.717, 1.165) is 16.6 Å². The van der Waals surface area contributed by atoms with Crippen LogP contribution in [0.5, 0.6) is 0 Å². The van der Waals surface area contributed by atoms with Gasteiger partial charge in [-0.1, -0.05) is 18.2 Å². The number of ether oxygens (including phenoxy) is 2. The second kappa shape index (κ2) is 7.11. The van der Waals surface area contributed by atoms with E-state index in [9.17, 15) is 14.4 Å². The number of ketones is 1. The van der Waals surface area contributed by atoms with E-state index in [1.54, 1.807) is 20.8 Å². The molecule has 0 fully saturated rings. The number of carbonyl (C=O) groups is 3. The van der Waals surface area contributed by atoms with Gasteiger partial charge in [0, 0.05) is 27.9 Å². The number of hydrogen-bond acceptors (Lipinski definition) is 5. The molecule has 140 valence electrons. The number of esters is 2. The third-order valence-electron chi connectivity index (χ3n) is 4.54. The van der Waals surface area contributed by atoms with Crippen LogP contribution in [0.25, 0.3) is 10.9 Å². The first-order chi connectivity index (χ1) is 12.8. The smallest absolute Gasteiger partial charge is 0.355 e. The lowest BCUT2D eigenvalue weighted by molar-refractivity contribution is 0.0469. The van der Waals surface area contributed by atoms with Gasteiger partial charge in [-0.05, 0) is 32.4 Å². The molecule has 3 aromatic rings. The fourth-order valence-corrected chi connectivity index (χ4v) is 3.27. The molecule has 3 rings (SSSR count). The number of nitrogens with one attached hydrogen (secondary N) is 2. The second-order valence-electron chi connectivity index (χ2n) is 6.29. The monoisotopic (exact) mass is 368 g/mol. The average molecular weight is 368 g/mol. The van der Waals surface area contributed by atoms with Crippen molar-refractivity contribution in [3.05, 3.63) is 58.0 Å². The number of methoxy groups -OCH3 is 1. The number of aromatic amines is 2. The van der Waals surface area contributed by atoms with Crippen LogP contribution < -0.4 is 0 Å². The Morgan fingerprint density at radius 1 is 0.926 bits per heavy atom. The zero-order chi connectivity index (χ0) is 19.7. The Morgan fingerprint density at radius 2 is 1.59 bits per heavy atom. The van der Waals surface area contributed by atoms with Crippen LogP contribution >= 0.6 is 0 Å². The number of H-pyrrole nitrogens is 2. The summed E-state index contributed by atoms with van der Waals surface area (Å²) in [5.41, 5.74) is 3.44. The maximum Gasteiger partial charge on any atom is 0.355 e. The van der Waals surface area contributed by atoms with Crippen LogP contribution in [-0.4, -0.2) is 41.4 Å². The molecular weight excluding hydrogens is 348 g/mol. The Morgan fingerprint density at radius 3 is 2.30 bits per heavy atom. The molecule has 0 spiro atoms. The Bertz CT molecular complexity index is 1060. The summed E-state index contributed by atoms with van der Waals surface area (Å²) in [6.45, 7) is 4.69. The number of aromatic nitrogens is 2. The zero-order valence-electron chi connectivity index (χ0n) is 15.6. The molecule has 0 aliphatic heterocycles. The van der Waals surface area contributed by atoms with Gasteiger partial charge in [0.25, 0.3) is 0 Å². The second-order valence-corrected chi connectivity index (χ2v) is 6.29. The summed E-state index contributed by atoms with van der Waals surface area (Å²) >= 11 is 0. The van der Waals surface area contributed by atoms with Crippen molar-refractivity contribution in [2.24, 2.45) is 0 Å². The molecule has 27 heavy (non-hydrogen) atoms. The molecule has 0 atom stereocenters. The van der Waals surface area contributed by atoms with E-state index in [-0.39, 0.29) is 11.5 Å². The topological polar surface area (TPSA) is 101 Å². The largest absolute Gasteiger partial charge is 0.465 e. The van der Waals surface area contributed by atoms with Crippen LogP contribution in [0.1, 0.15) is 48.2 Å². The summed E-state index contributed by atoms with van der Waals surface area (Å²) in [6.07, 6.45) is 0. The number of fused-ring (bicyclic) bond motifs is 1. The van der Waals surface area contributed by atoms with Crippen molar-refractivity contribution in [2.75, 3.05) is 13.7 Å². The van der Waals surface area contributed by atoms with E-state index in [1.165, 1.54) is 7.11 Å². The molecule has 0 aliphatic carbocycles. The lowest BCUT2D eigenvalue weighted by Crippen LogP contribution is -2.16. The molecular formula is C20H20N2O5. The van der Waals surface area contributed by atoms with Gasteiger partial charge in [0.05, 0.1) is 12.7 Å². The third-order valence-corrected chi connectivity index (χ3v) is 4.54. The molecule has 2 N–H and O–H groups in total. The minimum atomic E-state index is -0.698. The summed E-state index contributed by atoms with van der Waals surface area (Å²) in [5.74, 6) is -1.53. The number of hydrogen-bond donors (Lipinski definition) is 2. The Balaban J connectivity index is 1.79. The highest BCUT2D eigenvalue weighted by Gasteiger charge is 2.24. The first kappa shape index (κ1) is 18.4. The summed E-state index contributed by atoms with van der Waals surface area (Å²) in [5, 5.41) is 0.788. The van der Waals surface area contributed by atoms with Crippen LogP contribution in [0.15, 0.2) is 24.3 Å². The predicted octanol–water partition coefficient (Wildman–Crippen LogP) is 3.25. The van der Waals surface area contributed by atoms with Crippen molar-refractivity contribution in [1.82, 2.24) is 9.97 Å². The molecule has 2 heterocycles. The normalized spacial score (nSPS) is 10.8. The summed E-state index contributed by atoms with van der Waals surface area (Å²) in [6, 6.07) is 7.44. The fourth-order valence-electron chi connectivity index (χ4n) is 3.27. The number of Topliss-reactive ketones (excluding diaryl/α,β-unsaturated/α-hetero) is 1. The quantitative estimate of drug-likeness (QED) is 0.532. The van der Waals surface area contributed by atoms with Crippen molar-refractivity contribution >= 4 is 28.6 Å². The molecule has 0 radical (unpaired) electrons. The van der Waals surface area contributed by atoms with Gasteiger partial charge in [-0.15, -0.1) is 0 Å². The van der Waals surface area contributed by atoms with E-state index in [2.05, 4.69) is 9.97 Å². The van der Waals surface area contributed by atoms with Crippen LogP contribution in [0.2, 0.25) is 0 Å². The van der Waals surface area contributed by atoms with Gasteiger partial charge >= 0.3 is 11.9 Å². The number of aryl methyl sites for hydroxylation is 2. The Hall–Kier alpha value is -3.35. The molecule has 0 saturated heterocycles. The Labute approximate surface area is 155 Å². The molecule has 0 saturated carbocycles. The van der Waals surface area contributed by atoms with Crippen LogP contribution in [0.4, 0.5) is 0 Å². The van der Waals surface area contributed by atoms with Crippen molar-refractivity contribution < 1.29 is 23.9 Å². The van der Waals surface area contributed by atoms with E-state index >= 15 is 0 Å². The lowest BCUT2D eigenvalue weighted by atomic mass is 10.1. The SMILES string of the molecule is COC(=O)c1c(C)[nH]c(C(=O)OCC(=O)c2c(C)[nH]c3ccccc23)c1C. The number of rotatable bonds is 5. The number of benzene rings is 1. The van der Waals surface area contributed by atoms with Crippen LogP contribution in [0, 0.1) is 20.8 Å². The van der Waals surface area contributed by atoms with Crippen molar-refractivity contribution in [1.29, 1.82) is 0 Å². The van der Waals surface area contributed by atoms with Gasteiger partial charge in [-0.25, -0.2) is 9.59 Å². The number of para-hydroxylation sites is 1. The highest BCUT2D eigenvalue weighted by molar-refractivity contribution is 6.10. The molecule has 2 aromatic heterocycles. The molecule has 0 unspecified atom stereocenters. The van der Waals surface area contributed by atoms with Gasteiger partial charge in [0.2, 0.25) is 5.78 Å². The van der Waals surface area contributed by atoms with E-state index in [4.69, 9.17) is 9.47 Å². The van der Waals surface area contributed by atoms with Crippen molar-refractivity contribution in [2.45, 2.75) is 20.8 Å². The van der Waals surface area contributed by atoms with Crippen LogP contribution in [-0.2, 0) is 9.47 Å². The summed E-state index contributed by atoms with van der Waals surface area (Å²) < 4.78 is 9.92. The molecule has 1 aromatic carbocycles. The third kappa shape index (κ3) is 3.23. The maximum absolute atomic E-state index is 12.6. The zero-order valence-corrected chi connectivity index (χ0v) is 15.6. The molecule has 0 bridgehead atoms. The average Bonchev–Trinajstić information content (AvgIpc) is 3.14. The van der Waals surface area contributed by atoms with E-state index < -0.39 is 18.5 Å². The van der Waals surface area contributed by atoms with Crippen LogP contribution in [0.3, 0.4) is 0 Å². The van der Waals surface area contributed by atoms with E-state index in [1.807, 2.05) is 24.3 Å². The fraction of sp³-hybridized carbons (Fsp3) is 0.250. The van der Waals surface area contributed by atoms with Crippen molar-refractivity contribution in [3.63, 3.8) is 0 Å². The number of carbonyl (C=O) groups excluding carboxylic acids is 3. The molecule has 0 amide bonds. The molecule has 7 nitrogen and oxygen atoms in total. The van der Waals surface area contributed by atoms with Gasteiger partial charge in [0.15, 0.2) is 6.61 Å². The van der Waals surface area contributed by atoms with Gasteiger partial charge in [0.1, 0.15) is 5.69 Å². The maximum atomic E-state index is 12.6. The van der Waals surface area contributed by atoms with Gasteiger partial charge in [-0.3, -0.25) is 4.79 Å². The Kier molecular flexibility index (Phi) is 4.85. The molecule has 0 aliphatic rings. The highest BCUT2D eigenvalue weighted by Crippen LogP contribution is 2.23. The first-order valence-electron chi connectivity index (χ1n) is 8.40. The summed E-state index contributed by atoms with van der Waals surface area (Å²) in [7, 11) is 1.27. The minimum absolute atomic E-state index is 0.136. The predicted molar refractivity (Wildman–Crippen MR) is 99.3 cm³/mol. The van der Waals surface area contributed by atoms with E-state index in [0.29, 0.717) is 22.4 Å². The lowest BCUT2D eigenvalue weighted by Gasteiger charge is -2.05.